The minimum Gasteiger partial charge on any atom is -0.381 e. The number of anilines is 1. The summed E-state index contributed by atoms with van der Waals surface area (Å²) in [6.07, 6.45) is 6.40. The Hall–Kier alpha value is -1.36. The molecule has 1 aromatic heterocycles. The first-order valence-corrected chi connectivity index (χ1v) is 5.84. The first-order valence-electron chi connectivity index (χ1n) is 5.84. The predicted octanol–water partition coefficient (Wildman–Crippen LogP) is 0.798. The number of aromatic amines is 1. The van der Waals surface area contributed by atoms with Crippen molar-refractivity contribution in [2.45, 2.75) is 31.6 Å². The maximum Gasteiger partial charge on any atom is 0.345 e. The van der Waals surface area contributed by atoms with Gasteiger partial charge in [-0.25, -0.2) is 4.79 Å². The third-order valence-electron chi connectivity index (χ3n) is 3.07. The minimum absolute atomic E-state index is 0.264. The molecule has 4 N–H and O–H groups in total. The molecule has 16 heavy (non-hydrogen) atoms. The molecule has 1 fully saturated rings. The second kappa shape index (κ2) is 5.12. The van der Waals surface area contributed by atoms with Crippen LogP contribution in [0.4, 0.5) is 5.69 Å². The first kappa shape index (κ1) is 11.1. The van der Waals surface area contributed by atoms with Crippen molar-refractivity contribution in [2.24, 2.45) is 5.73 Å². The van der Waals surface area contributed by atoms with Crippen molar-refractivity contribution in [2.75, 3.05) is 18.4 Å². The van der Waals surface area contributed by atoms with Crippen LogP contribution in [-0.2, 0) is 0 Å². The summed E-state index contributed by atoms with van der Waals surface area (Å²) in [5, 5.41) is 3.21. The summed E-state index contributed by atoms with van der Waals surface area (Å²) >= 11 is 0. The van der Waals surface area contributed by atoms with Crippen LogP contribution in [0.3, 0.4) is 0 Å². The fraction of sp³-hybridized carbons (Fsp3) is 0.636. The molecular formula is C11H18N4O. The molecule has 0 radical (unpaired) electrons. The van der Waals surface area contributed by atoms with Crippen molar-refractivity contribution < 1.29 is 0 Å². The molecule has 0 saturated heterocycles. The number of nitrogens with two attached hydrogens (primary N) is 1. The van der Waals surface area contributed by atoms with E-state index in [0.29, 0.717) is 19.0 Å². The second-order valence-electron chi connectivity index (χ2n) is 4.21. The molecule has 1 aromatic rings. The number of nitrogens with zero attached hydrogens (tertiary/aromatic N) is 1. The minimum atomic E-state index is -0.264. The van der Waals surface area contributed by atoms with E-state index in [1.165, 1.54) is 12.8 Å². The molecule has 0 aliphatic heterocycles. The zero-order valence-corrected chi connectivity index (χ0v) is 9.33. The summed E-state index contributed by atoms with van der Waals surface area (Å²) in [4.78, 5) is 17.9. The molecule has 88 valence electrons. The largest absolute Gasteiger partial charge is 0.381 e. The first-order chi connectivity index (χ1) is 7.81. The molecule has 0 amide bonds. The van der Waals surface area contributed by atoms with Crippen molar-refractivity contribution in [3.05, 3.63) is 22.4 Å². The Bertz CT molecular complexity index is 395. The summed E-state index contributed by atoms with van der Waals surface area (Å²) in [5.74, 6) is 0.468. The lowest BCUT2D eigenvalue weighted by atomic mass is 10.0. The van der Waals surface area contributed by atoms with E-state index in [4.69, 9.17) is 5.73 Å². The van der Waals surface area contributed by atoms with Crippen molar-refractivity contribution in [3.63, 3.8) is 0 Å². The summed E-state index contributed by atoms with van der Waals surface area (Å²) < 4.78 is 0. The van der Waals surface area contributed by atoms with Gasteiger partial charge in [0.05, 0.1) is 11.9 Å². The van der Waals surface area contributed by atoms with Crippen molar-refractivity contribution in [1.82, 2.24) is 9.97 Å². The number of hydrogen-bond acceptors (Lipinski definition) is 4. The Morgan fingerprint density at radius 1 is 1.50 bits per heavy atom. The van der Waals surface area contributed by atoms with Crippen LogP contribution in [0.25, 0.3) is 0 Å². The van der Waals surface area contributed by atoms with E-state index in [1.807, 2.05) is 0 Å². The SMILES string of the molecule is NCCNc1cnc(=O)[nH]c1C1CCCC1. The van der Waals surface area contributed by atoms with E-state index in [-0.39, 0.29) is 5.69 Å². The van der Waals surface area contributed by atoms with E-state index in [9.17, 15) is 4.79 Å². The molecular weight excluding hydrogens is 204 g/mol. The average molecular weight is 222 g/mol. The zero-order chi connectivity index (χ0) is 11.4. The quantitative estimate of drug-likeness (QED) is 0.703. The maximum absolute atomic E-state index is 11.3. The van der Waals surface area contributed by atoms with Gasteiger partial charge >= 0.3 is 5.69 Å². The van der Waals surface area contributed by atoms with Gasteiger partial charge in [-0.05, 0) is 12.8 Å². The number of hydrogen-bond donors (Lipinski definition) is 3. The van der Waals surface area contributed by atoms with Gasteiger partial charge in [0.1, 0.15) is 0 Å². The summed E-state index contributed by atoms with van der Waals surface area (Å²) in [6.45, 7) is 1.27. The standard InChI is InChI=1S/C11H18N4O/c12-5-6-13-9-7-14-11(16)15-10(9)8-3-1-2-4-8/h7-8,13H,1-6,12H2,(H,14,15,16). The van der Waals surface area contributed by atoms with Gasteiger partial charge in [0.15, 0.2) is 0 Å². The number of nitrogens with one attached hydrogen (secondary N) is 2. The average Bonchev–Trinajstić information content (AvgIpc) is 2.80. The van der Waals surface area contributed by atoms with Gasteiger partial charge in [-0.3, -0.25) is 0 Å². The molecule has 5 heteroatoms. The summed E-state index contributed by atoms with van der Waals surface area (Å²) in [6, 6.07) is 0. The van der Waals surface area contributed by atoms with Crippen molar-refractivity contribution in [1.29, 1.82) is 0 Å². The number of H-pyrrole nitrogens is 1. The molecule has 0 aromatic carbocycles. The highest BCUT2D eigenvalue weighted by Gasteiger charge is 2.20. The summed E-state index contributed by atoms with van der Waals surface area (Å²) in [7, 11) is 0. The van der Waals surface area contributed by atoms with Crippen LogP contribution in [0, 0.1) is 0 Å². The predicted molar refractivity (Wildman–Crippen MR) is 63.6 cm³/mol. The van der Waals surface area contributed by atoms with Crippen LogP contribution < -0.4 is 16.7 Å². The molecule has 0 bridgehead atoms. The number of aromatic nitrogens is 2. The lowest BCUT2D eigenvalue weighted by Crippen LogP contribution is -2.20. The lowest BCUT2D eigenvalue weighted by molar-refractivity contribution is 0.690. The lowest BCUT2D eigenvalue weighted by Gasteiger charge is -2.15. The van der Waals surface area contributed by atoms with Crippen LogP contribution in [0.2, 0.25) is 0 Å². The highest BCUT2D eigenvalue weighted by Crippen LogP contribution is 2.35. The van der Waals surface area contributed by atoms with E-state index in [0.717, 1.165) is 24.2 Å². The monoisotopic (exact) mass is 222 g/mol. The highest BCUT2D eigenvalue weighted by molar-refractivity contribution is 5.47. The van der Waals surface area contributed by atoms with E-state index in [1.54, 1.807) is 6.20 Å². The second-order valence-corrected chi connectivity index (χ2v) is 4.21. The molecule has 2 rings (SSSR count). The van der Waals surface area contributed by atoms with Crippen LogP contribution in [-0.4, -0.2) is 23.1 Å². The van der Waals surface area contributed by atoms with Crippen LogP contribution in [0.5, 0.6) is 0 Å². The van der Waals surface area contributed by atoms with Gasteiger partial charge in [0.25, 0.3) is 0 Å². The third-order valence-corrected chi connectivity index (χ3v) is 3.07. The van der Waals surface area contributed by atoms with E-state index < -0.39 is 0 Å². The molecule has 0 atom stereocenters. The van der Waals surface area contributed by atoms with Gasteiger partial charge in [0.2, 0.25) is 0 Å². The van der Waals surface area contributed by atoms with Gasteiger partial charge in [-0.15, -0.1) is 0 Å². The van der Waals surface area contributed by atoms with E-state index >= 15 is 0 Å². The Morgan fingerprint density at radius 2 is 2.25 bits per heavy atom. The molecule has 5 nitrogen and oxygen atoms in total. The van der Waals surface area contributed by atoms with Crippen molar-refractivity contribution >= 4 is 5.69 Å². The maximum atomic E-state index is 11.3. The fourth-order valence-corrected chi connectivity index (χ4v) is 2.29. The van der Waals surface area contributed by atoms with Crippen molar-refractivity contribution in [3.8, 4) is 0 Å². The molecule has 1 heterocycles. The summed E-state index contributed by atoms with van der Waals surface area (Å²) in [5.41, 5.74) is 7.12. The third kappa shape index (κ3) is 2.41. The Kier molecular flexibility index (Phi) is 3.56. The van der Waals surface area contributed by atoms with Crippen LogP contribution >= 0.6 is 0 Å². The Morgan fingerprint density at radius 3 is 2.94 bits per heavy atom. The molecule has 0 spiro atoms. The van der Waals surface area contributed by atoms with Gasteiger partial charge in [-0.2, -0.15) is 4.98 Å². The Balaban J connectivity index is 2.24. The number of rotatable bonds is 4. The van der Waals surface area contributed by atoms with Gasteiger partial charge in [-0.1, -0.05) is 12.8 Å². The normalized spacial score (nSPS) is 16.6. The Labute approximate surface area is 94.5 Å². The highest BCUT2D eigenvalue weighted by atomic mass is 16.1. The molecule has 1 aliphatic rings. The fourth-order valence-electron chi connectivity index (χ4n) is 2.29. The van der Waals surface area contributed by atoms with Gasteiger partial charge in [0, 0.05) is 24.7 Å². The molecule has 0 unspecified atom stereocenters. The molecule has 1 saturated carbocycles. The molecule has 1 aliphatic carbocycles. The van der Waals surface area contributed by atoms with Gasteiger partial charge < -0.3 is 16.0 Å². The smallest absolute Gasteiger partial charge is 0.345 e. The topological polar surface area (TPSA) is 83.8 Å². The zero-order valence-electron chi connectivity index (χ0n) is 9.33. The van der Waals surface area contributed by atoms with Crippen LogP contribution in [0.1, 0.15) is 37.3 Å². The van der Waals surface area contributed by atoms with Crippen LogP contribution in [0.15, 0.2) is 11.0 Å². The van der Waals surface area contributed by atoms with E-state index in [2.05, 4.69) is 15.3 Å².